The molecule has 0 aromatic heterocycles. The van der Waals surface area contributed by atoms with Crippen LogP contribution in [0.25, 0.3) is 0 Å². The van der Waals surface area contributed by atoms with Gasteiger partial charge >= 0.3 is 0 Å². The fourth-order valence-corrected chi connectivity index (χ4v) is 4.74. The van der Waals surface area contributed by atoms with Crippen molar-refractivity contribution >= 4 is 9.84 Å². The molecule has 3 atom stereocenters. The van der Waals surface area contributed by atoms with E-state index in [1.165, 1.54) is 11.8 Å². The van der Waals surface area contributed by atoms with E-state index in [1.54, 1.807) is 0 Å². The molecule has 2 rings (SSSR count). The molecule has 1 aromatic rings. The minimum Gasteiger partial charge on any atom is -0.327 e. The molecule has 0 bridgehead atoms. The van der Waals surface area contributed by atoms with Gasteiger partial charge in [-0.15, -0.1) is 0 Å². The number of rotatable bonds is 4. The summed E-state index contributed by atoms with van der Waals surface area (Å²) in [4.78, 5) is 0. The third-order valence-corrected chi connectivity index (χ3v) is 6.77. The van der Waals surface area contributed by atoms with Crippen molar-refractivity contribution in [3.8, 4) is 0 Å². The quantitative estimate of drug-likeness (QED) is 0.930. The van der Waals surface area contributed by atoms with Gasteiger partial charge in [0.15, 0.2) is 0 Å². The van der Waals surface area contributed by atoms with Crippen molar-refractivity contribution in [2.45, 2.75) is 56.2 Å². The average molecular weight is 309 g/mol. The van der Waals surface area contributed by atoms with Crippen molar-refractivity contribution in [2.24, 2.45) is 11.7 Å². The lowest BCUT2D eigenvalue weighted by molar-refractivity contribution is 0.236. The van der Waals surface area contributed by atoms with Crippen LogP contribution in [0.3, 0.4) is 0 Å². The van der Waals surface area contributed by atoms with E-state index < -0.39 is 9.84 Å². The molecule has 3 unspecified atom stereocenters. The standard InChI is InChI=1S/C17H27NO2S/c1-17(2,14-9-5-4-6-10-14)16(18)13-8-7-11-15(12-13)21(3,19)20/h4-6,9-10,13,15-16H,7-8,11-12,18H2,1-3H3. The van der Waals surface area contributed by atoms with Gasteiger partial charge in [-0.25, -0.2) is 8.42 Å². The Morgan fingerprint density at radius 3 is 2.38 bits per heavy atom. The largest absolute Gasteiger partial charge is 0.327 e. The zero-order chi connectivity index (χ0) is 15.7. The number of sulfone groups is 1. The predicted octanol–water partition coefficient (Wildman–Crippen LogP) is 2.89. The second-order valence-corrected chi connectivity index (χ2v) is 9.32. The molecule has 21 heavy (non-hydrogen) atoms. The number of hydrogen-bond acceptors (Lipinski definition) is 3. The molecule has 2 N–H and O–H groups in total. The van der Waals surface area contributed by atoms with Crippen molar-refractivity contribution < 1.29 is 8.42 Å². The summed E-state index contributed by atoms with van der Waals surface area (Å²) in [6.07, 6.45) is 4.84. The van der Waals surface area contributed by atoms with E-state index in [0.29, 0.717) is 6.42 Å². The summed E-state index contributed by atoms with van der Waals surface area (Å²) in [6.45, 7) is 4.33. The molecule has 1 fully saturated rings. The average Bonchev–Trinajstić information content (AvgIpc) is 2.46. The Morgan fingerprint density at radius 1 is 1.19 bits per heavy atom. The lowest BCUT2D eigenvalue weighted by Gasteiger charge is -2.40. The van der Waals surface area contributed by atoms with E-state index in [4.69, 9.17) is 5.73 Å². The molecule has 3 nitrogen and oxygen atoms in total. The Balaban J connectivity index is 2.17. The molecular weight excluding hydrogens is 282 g/mol. The van der Waals surface area contributed by atoms with Gasteiger partial charge < -0.3 is 5.73 Å². The molecule has 1 aromatic carbocycles. The summed E-state index contributed by atoms with van der Waals surface area (Å²) in [5.74, 6) is 0.272. The zero-order valence-corrected chi connectivity index (χ0v) is 14.1. The molecule has 1 aliphatic rings. The first-order valence-electron chi connectivity index (χ1n) is 7.73. The summed E-state index contributed by atoms with van der Waals surface area (Å²) in [7, 11) is -2.96. The third-order valence-electron chi connectivity index (χ3n) is 5.13. The van der Waals surface area contributed by atoms with Crippen LogP contribution in [0.4, 0.5) is 0 Å². The minimum atomic E-state index is -2.96. The normalized spacial score (nSPS) is 25.5. The maximum atomic E-state index is 11.8. The summed E-state index contributed by atoms with van der Waals surface area (Å²) in [5, 5.41) is -0.214. The van der Waals surface area contributed by atoms with E-state index in [0.717, 1.165) is 19.3 Å². The maximum absolute atomic E-state index is 11.8. The van der Waals surface area contributed by atoms with Crippen LogP contribution in [0.5, 0.6) is 0 Å². The van der Waals surface area contributed by atoms with Gasteiger partial charge in [-0.2, -0.15) is 0 Å². The van der Waals surface area contributed by atoms with Gasteiger partial charge in [0.25, 0.3) is 0 Å². The Bertz CT molecular complexity index is 566. The van der Waals surface area contributed by atoms with Crippen LogP contribution < -0.4 is 5.73 Å². The first-order chi connectivity index (χ1) is 9.73. The number of nitrogens with two attached hydrogens (primary N) is 1. The van der Waals surface area contributed by atoms with Crippen molar-refractivity contribution in [1.82, 2.24) is 0 Å². The van der Waals surface area contributed by atoms with Gasteiger partial charge in [-0.3, -0.25) is 0 Å². The molecule has 0 spiro atoms. The highest BCUT2D eigenvalue weighted by Gasteiger charge is 2.38. The van der Waals surface area contributed by atoms with Gasteiger partial charge in [-0.1, -0.05) is 50.6 Å². The molecule has 1 aliphatic carbocycles. The van der Waals surface area contributed by atoms with Crippen molar-refractivity contribution in [3.63, 3.8) is 0 Å². The highest BCUT2D eigenvalue weighted by molar-refractivity contribution is 7.91. The lowest BCUT2D eigenvalue weighted by Crippen LogP contribution is -2.48. The summed E-state index contributed by atoms with van der Waals surface area (Å²) in [5.41, 5.74) is 7.64. The van der Waals surface area contributed by atoms with Gasteiger partial charge in [0.2, 0.25) is 0 Å². The van der Waals surface area contributed by atoms with Gasteiger partial charge in [-0.05, 0) is 30.7 Å². The van der Waals surface area contributed by atoms with Crippen LogP contribution in [-0.2, 0) is 15.3 Å². The van der Waals surface area contributed by atoms with Crippen molar-refractivity contribution in [2.75, 3.05) is 6.26 Å². The summed E-state index contributed by atoms with van der Waals surface area (Å²) < 4.78 is 23.7. The molecule has 0 aliphatic heterocycles. The summed E-state index contributed by atoms with van der Waals surface area (Å²) >= 11 is 0. The van der Waals surface area contributed by atoms with E-state index in [1.807, 2.05) is 18.2 Å². The second kappa shape index (κ2) is 6.09. The SMILES string of the molecule is CC(C)(c1ccccc1)C(N)C1CCCC(S(C)(=O)=O)C1. The highest BCUT2D eigenvalue weighted by atomic mass is 32.2. The Labute approximate surface area is 128 Å². The van der Waals surface area contributed by atoms with Gasteiger partial charge in [0.1, 0.15) is 9.84 Å². The minimum absolute atomic E-state index is 0.0237. The topological polar surface area (TPSA) is 60.2 Å². The van der Waals surface area contributed by atoms with E-state index in [-0.39, 0.29) is 22.6 Å². The van der Waals surface area contributed by atoms with Crippen molar-refractivity contribution in [1.29, 1.82) is 0 Å². The molecular formula is C17H27NO2S. The van der Waals surface area contributed by atoms with Crippen LogP contribution in [0.15, 0.2) is 30.3 Å². The molecule has 1 saturated carbocycles. The Hall–Kier alpha value is -0.870. The number of benzene rings is 1. The van der Waals surface area contributed by atoms with E-state index >= 15 is 0 Å². The molecule has 0 amide bonds. The van der Waals surface area contributed by atoms with Crippen LogP contribution >= 0.6 is 0 Å². The Kier molecular flexibility index (Phi) is 4.79. The monoisotopic (exact) mass is 309 g/mol. The molecule has 118 valence electrons. The fourth-order valence-electron chi connectivity index (χ4n) is 3.55. The van der Waals surface area contributed by atoms with Crippen LogP contribution in [0.2, 0.25) is 0 Å². The first-order valence-corrected chi connectivity index (χ1v) is 9.68. The zero-order valence-electron chi connectivity index (χ0n) is 13.2. The predicted molar refractivity (Wildman–Crippen MR) is 88.0 cm³/mol. The maximum Gasteiger partial charge on any atom is 0.150 e. The Morgan fingerprint density at radius 2 is 1.81 bits per heavy atom. The smallest absolute Gasteiger partial charge is 0.150 e. The van der Waals surface area contributed by atoms with Crippen LogP contribution in [0, 0.1) is 5.92 Å². The third kappa shape index (κ3) is 3.67. The number of hydrogen-bond donors (Lipinski definition) is 1. The van der Waals surface area contributed by atoms with Gasteiger partial charge in [0.05, 0.1) is 5.25 Å². The van der Waals surface area contributed by atoms with Crippen molar-refractivity contribution in [3.05, 3.63) is 35.9 Å². The molecule has 0 heterocycles. The van der Waals surface area contributed by atoms with E-state index in [2.05, 4.69) is 26.0 Å². The van der Waals surface area contributed by atoms with Gasteiger partial charge in [0, 0.05) is 17.7 Å². The van der Waals surface area contributed by atoms with E-state index in [9.17, 15) is 8.42 Å². The van der Waals surface area contributed by atoms with Crippen LogP contribution in [-0.4, -0.2) is 26.0 Å². The fraction of sp³-hybridized carbons (Fsp3) is 0.647. The first kappa shape index (κ1) is 16.5. The second-order valence-electron chi connectivity index (χ2n) is 6.99. The highest BCUT2D eigenvalue weighted by Crippen LogP contribution is 2.37. The summed E-state index contributed by atoms with van der Waals surface area (Å²) in [6, 6.07) is 10.3. The van der Waals surface area contributed by atoms with Crippen LogP contribution in [0.1, 0.15) is 45.1 Å². The molecule has 4 heteroatoms. The molecule has 0 radical (unpaired) electrons. The lowest BCUT2D eigenvalue weighted by atomic mass is 9.69. The molecule has 0 saturated heterocycles.